The molecular weight excluding hydrogens is 569 g/mol. The van der Waals surface area contributed by atoms with E-state index in [0.29, 0.717) is 11.7 Å². The van der Waals surface area contributed by atoms with Crippen LogP contribution in [0.3, 0.4) is 0 Å². The molecular formula is C32H26N4O4S2. The fourth-order valence-corrected chi connectivity index (χ4v) is 6.08. The highest BCUT2D eigenvalue weighted by Crippen LogP contribution is 2.43. The van der Waals surface area contributed by atoms with Gasteiger partial charge in [-0.1, -0.05) is 17.8 Å². The zero-order valence-corrected chi connectivity index (χ0v) is 24.2. The summed E-state index contributed by atoms with van der Waals surface area (Å²) in [5.74, 6) is 2.32. The van der Waals surface area contributed by atoms with E-state index >= 15 is 0 Å². The van der Waals surface area contributed by atoms with Crippen molar-refractivity contribution in [2.75, 3.05) is 11.5 Å². The molecule has 8 nitrogen and oxygen atoms in total. The van der Waals surface area contributed by atoms with Gasteiger partial charge >= 0.3 is 0 Å². The fraction of sp³-hybridized carbons (Fsp3) is 0.125. The monoisotopic (exact) mass is 594 g/mol. The minimum absolute atomic E-state index is 0.0712. The third-order valence-electron chi connectivity index (χ3n) is 6.86. The molecule has 0 bridgehead atoms. The van der Waals surface area contributed by atoms with E-state index in [1.165, 1.54) is 23.9 Å². The van der Waals surface area contributed by atoms with Gasteiger partial charge in [-0.05, 0) is 104 Å². The zero-order valence-electron chi connectivity index (χ0n) is 22.5. The maximum atomic E-state index is 11.0. The van der Waals surface area contributed by atoms with Gasteiger partial charge in [0.1, 0.15) is 23.3 Å². The Morgan fingerprint density at radius 3 is 2.33 bits per heavy atom. The number of nitro groups is 1. The molecule has 210 valence electrons. The van der Waals surface area contributed by atoms with Crippen LogP contribution in [0.15, 0.2) is 124 Å². The summed E-state index contributed by atoms with van der Waals surface area (Å²) in [5.41, 5.74) is 2.79. The van der Waals surface area contributed by atoms with E-state index in [1.807, 2.05) is 85.8 Å². The molecule has 1 aliphatic rings. The minimum Gasteiger partial charge on any atom is -0.494 e. The van der Waals surface area contributed by atoms with Crippen LogP contribution in [0.4, 0.5) is 11.4 Å². The number of anilines is 1. The first kappa shape index (κ1) is 27.5. The van der Waals surface area contributed by atoms with Gasteiger partial charge in [0.25, 0.3) is 5.69 Å². The number of thiocarbonyl (C=S) groups is 1. The molecule has 0 aliphatic carbocycles. The molecule has 5 aromatic rings. The highest BCUT2D eigenvalue weighted by Gasteiger charge is 2.42. The quantitative estimate of drug-likeness (QED) is 0.104. The van der Waals surface area contributed by atoms with Crippen LogP contribution in [0.25, 0.3) is 11.3 Å². The van der Waals surface area contributed by atoms with Crippen LogP contribution >= 0.6 is 24.0 Å². The van der Waals surface area contributed by atoms with Crippen molar-refractivity contribution in [3.8, 4) is 17.1 Å². The topological polar surface area (TPSA) is 93.7 Å². The van der Waals surface area contributed by atoms with Gasteiger partial charge in [-0.2, -0.15) is 0 Å². The Kier molecular flexibility index (Phi) is 7.89. The van der Waals surface area contributed by atoms with Crippen LogP contribution in [0.1, 0.15) is 30.5 Å². The number of aromatic nitrogens is 1. The second-order valence-corrected chi connectivity index (χ2v) is 11.0. The number of nitro benzene ring substituents is 1. The summed E-state index contributed by atoms with van der Waals surface area (Å²) in [6, 6.07) is 31.7. The van der Waals surface area contributed by atoms with Gasteiger partial charge in [-0.25, -0.2) is 0 Å². The van der Waals surface area contributed by atoms with Crippen LogP contribution in [0.2, 0.25) is 0 Å². The summed E-state index contributed by atoms with van der Waals surface area (Å²) in [6.45, 7) is 2.57. The summed E-state index contributed by atoms with van der Waals surface area (Å²) in [6.07, 6.45) is 1.78. The SMILES string of the molecule is CCOc1ccc(-c2ccc([C@@H]3[C@H](c4ccccn4)NC(=S)N3c3ccc(Sc4ccc([N+](=O)[O-])cc4)cc3)o2)cc1. The van der Waals surface area contributed by atoms with Crippen molar-refractivity contribution in [1.29, 1.82) is 0 Å². The molecule has 2 aromatic heterocycles. The molecule has 1 N–H and O–H groups in total. The predicted octanol–water partition coefficient (Wildman–Crippen LogP) is 7.98. The summed E-state index contributed by atoms with van der Waals surface area (Å²) in [5, 5.41) is 15.0. The second kappa shape index (κ2) is 12.1. The lowest BCUT2D eigenvalue weighted by Gasteiger charge is -2.26. The number of furan rings is 1. The third-order valence-corrected chi connectivity index (χ3v) is 8.19. The minimum atomic E-state index is -0.398. The van der Waals surface area contributed by atoms with Gasteiger partial charge in [-0.3, -0.25) is 15.1 Å². The Morgan fingerprint density at radius 1 is 0.976 bits per heavy atom. The molecule has 3 aromatic carbocycles. The van der Waals surface area contributed by atoms with E-state index in [-0.39, 0.29) is 17.8 Å². The normalized spacial score (nSPS) is 16.3. The van der Waals surface area contributed by atoms with E-state index in [1.54, 1.807) is 18.3 Å². The summed E-state index contributed by atoms with van der Waals surface area (Å²) < 4.78 is 12.1. The van der Waals surface area contributed by atoms with E-state index in [0.717, 1.165) is 44.0 Å². The molecule has 2 atom stereocenters. The number of pyridine rings is 1. The van der Waals surface area contributed by atoms with Crippen LogP contribution in [-0.2, 0) is 0 Å². The van der Waals surface area contributed by atoms with E-state index in [4.69, 9.17) is 21.4 Å². The van der Waals surface area contributed by atoms with Crippen molar-refractivity contribution in [1.82, 2.24) is 10.3 Å². The van der Waals surface area contributed by atoms with Gasteiger partial charge in [-0.15, -0.1) is 0 Å². The van der Waals surface area contributed by atoms with Crippen molar-refractivity contribution >= 4 is 40.5 Å². The number of nitrogens with one attached hydrogen (secondary N) is 1. The van der Waals surface area contributed by atoms with Crippen LogP contribution in [0.5, 0.6) is 5.75 Å². The molecule has 0 saturated carbocycles. The summed E-state index contributed by atoms with van der Waals surface area (Å²) in [7, 11) is 0. The molecule has 0 radical (unpaired) electrons. The van der Waals surface area contributed by atoms with Crippen molar-refractivity contribution in [2.24, 2.45) is 0 Å². The highest BCUT2D eigenvalue weighted by atomic mass is 32.2. The Labute approximate surface area is 252 Å². The molecule has 42 heavy (non-hydrogen) atoms. The van der Waals surface area contributed by atoms with Crippen molar-refractivity contribution < 1.29 is 14.1 Å². The number of ether oxygens (including phenoxy) is 1. The first-order valence-electron chi connectivity index (χ1n) is 13.4. The third kappa shape index (κ3) is 5.72. The number of hydrogen-bond donors (Lipinski definition) is 1. The number of hydrogen-bond acceptors (Lipinski definition) is 7. The fourth-order valence-electron chi connectivity index (χ4n) is 4.92. The Balaban J connectivity index is 1.30. The standard InChI is InChI=1S/C32H26N4O4S2/c1-2-39-24-12-6-21(7-13-24)28-18-19-29(40-28)31-30(27-5-3-4-20-33-27)34-32(41)35(31)22-8-14-25(15-9-22)42-26-16-10-23(11-17-26)36(37)38/h3-20,30-31H,2H2,1H3,(H,34,41)/t30-,31+/m0/s1. The van der Waals surface area contributed by atoms with Crippen molar-refractivity contribution in [3.63, 3.8) is 0 Å². The van der Waals surface area contributed by atoms with Crippen LogP contribution in [0, 0.1) is 10.1 Å². The molecule has 0 unspecified atom stereocenters. The van der Waals surface area contributed by atoms with E-state index in [9.17, 15) is 10.1 Å². The molecule has 1 saturated heterocycles. The number of non-ortho nitro benzene ring substituents is 1. The predicted molar refractivity (Wildman–Crippen MR) is 167 cm³/mol. The summed E-state index contributed by atoms with van der Waals surface area (Å²) >= 11 is 7.39. The van der Waals surface area contributed by atoms with Gasteiger partial charge in [0.05, 0.1) is 23.3 Å². The van der Waals surface area contributed by atoms with Gasteiger partial charge in [0.15, 0.2) is 5.11 Å². The molecule has 10 heteroatoms. The maximum Gasteiger partial charge on any atom is 0.269 e. The van der Waals surface area contributed by atoms with Crippen LogP contribution in [-0.4, -0.2) is 21.6 Å². The van der Waals surface area contributed by atoms with Crippen molar-refractivity contribution in [2.45, 2.75) is 28.8 Å². The van der Waals surface area contributed by atoms with Crippen molar-refractivity contribution in [3.05, 3.63) is 131 Å². The van der Waals surface area contributed by atoms with E-state index < -0.39 is 4.92 Å². The Hall–Kier alpha value is -4.67. The molecule has 1 aliphatic heterocycles. The molecule has 0 spiro atoms. The van der Waals surface area contributed by atoms with Gasteiger partial charge in [0, 0.05) is 39.4 Å². The Bertz CT molecular complexity index is 1690. The molecule has 6 rings (SSSR count). The number of rotatable bonds is 9. The second-order valence-electron chi connectivity index (χ2n) is 9.50. The molecule has 3 heterocycles. The van der Waals surface area contributed by atoms with Gasteiger partial charge in [0.2, 0.25) is 0 Å². The maximum absolute atomic E-state index is 11.0. The average molecular weight is 595 g/mol. The lowest BCUT2D eigenvalue weighted by molar-refractivity contribution is -0.384. The smallest absolute Gasteiger partial charge is 0.269 e. The largest absolute Gasteiger partial charge is 0.494 e. The average Bonchev–Trinajstić information content (AvgIpc) is 3.64. The Morgan fingerprint density at radius 2 is 1.69 bits per heavy atom. The zero-order chi connectivity index (χ0) is 29.1. The molecule has 0 amide bonds. The number of nitrogens with zero attached hydrogens (tertiary/aromatic N) is 3. The van der Waals surface area contributed by atoms with Gasteiger partial charge < -0.3 is 19.4 Å². The summed E-state index contributed by atoms with van der Waals surface area (Å²) in [4.78, 5) is 19.2. The lowest BCUT2D eigenvalue weighted by atomic mass is 10.0. The lowest BCUT2D eigenvalue weighted by Crippen LogP contribution is -2.29. The molecule has 1 fully saturated rings. The first-order valence-corrected chi connectivity index (χ1v) is 14.6. The van der Waals surface area contributed by atoms with E-state index in [2.05, 4.69) is 15.2 Å². The highest BCUT2D eigenvalue weighted by molar-refractivity contribution is 7.99. The number of benzene rings is 3. The first-order chi connectivity index (χ1) is 20.5. The van der Waals surface area contributed by atoms with Crippen LogP contribution < -0.4 is 15.0 Å².